The van der Waals surface area contributed by atoms with Crippen LogP contribution in [0, 0.1) is 0 Å². The Kier molecular flexibility index (Phi) is 11.8. The van der Waals surface area contributed by atoms with Gasteiger partial charge in [0.15, 0.2) is 0 Å². The van der Waals surface area contributed by atoms with Crippen LogP contribution in [0.5, 0.6) is 0 Å². The number of rotatable bonds is 8. The number of aromatic nitrogens is 1. The van der Waals surface area contributed by atoms with Crippen molar-refractivity contribution in [1.29, 1.82) is 0 Å². The van der Waals surface area contributed by atoms with E-state index in [4.69, 9.17) is 10.5 Å². The van der Waals surface area contributed by atoms with E-state index in [0.29, 0.717) is 24.8 Å². The lowest BCUT2D eigenvalue weighted by atomic mass is 10.2. The van der Waals surface area contributed by atoms with E-state index < -0.39 is 0 Å². The van der Waals surface area contributed by atoms with Crippen LogP contribution in [-0.4, -0.2) is 61.7 Å². The first-order valence-electron chi connectivity index (χ1n) is 7.40. The van der Waals surface area contributed by atoms with E-state index in [1.807, 2.05) is 0 Å². The van der Waals surface area contributed by atoms with Crippen LogP contribution in [0.3, 0.4) is 0 Å². The van der Waals surface area contributed by atoms with E-state index in [0.717, 1.165) is 37.5 Å². The third-order valence-corrected chi connectivity index (χ3v) is 4.63. The molecule has 3 N–H and O–H groups in total. The molecule has 23 heavy (non-hydrogen) atoms. The quantitative estimate of drug-likeness (QED) is 0.706. The molecule has 0 saturated carbocycles. The number of hydrogen-bond acceptors (Lipinski definition) is 6. The Bertz CT molecular complexity index is 462. The van der Waals surface area contributed by atoms with Crippen molar-refractivity contribution < 1.29 is 9.53 Å². The van der Waals surface area contributed by atoms with Gasteiger partial charge in [0.25, 0.3) is 5.91 Å². The Morgan fingerprint density at radius 3 is 3.04 bits per heavy atom. The normalized spacial score (nSPS) is 17.4. The SMILES string of the molecule is COCCN1CCCC1CNC(=O)c1csc(CCN)n1.Cl.Cl. The van der Waals surface area contributed by atoms with Crippen LogP contribution in [0.25, 0.3) is 0 Å². The summed E-state index contributed by atoms with van der Waals surface area (Å²) in [6.07, 6.45) is 3.03. The number of methoxy groups -OCH3 is 1. The Hall–Kier alpha value is -0.440. The molecule has 2 rings (SSSR count). The first-order valence-corrected chi connectivity index (χ1v) is 8.28. The number of likely N-dealkylation sites (tertiary alicyclic amines) is 1. The van der Waals surface area contributed by atoms with Crippen molar-refractivity contribution in [2.75, 3.05) is 39.9 Å². The predicted octanol–water partition coefficient (Wildman–Crippen LogP) is 1.33. The third kappa shape index (κ3) is 6.91. The molecular weight excluding hydrogens is 359 g/mol. The average molecular weight is 385 g/mol. The maximum Gasteiger partial charge on any atom is 0.270 e. The minimum absolute atomic E-state index is 0. The van der Waals surface area contributed by atoms with Crippen molar-refractivity contribution in [2.24, 2.45) is 5.73 Å². The van der Waals surface area contributed by atoms with Gasteiger partial charge in [-0.15, -0.1) is 36.2 Å². The van der Waals surface area contributed by atoms with Crippen molar-refractivity contribution in [3.05, 3.63) is 16.1 Å². The minimum Gasteiger partial charge on any atom is -0.383 e. The van der Waals surface area contributed by atoms with Crippen LogP contribution in [0.4, 0.5) is 0 Å². The summed E-state index contributed by atoms with van der Waals surface area (Å²) in [6, 6.07) is 0.409. The van der Waals surface area contributed by atoms with E-state index >= 15 is 0 Å². The first kappa shape index (κ1) is 22.6. The molecule has 1 fully saturated rings. The molecule has 1 aliphatic rings. The average Bonchev–Trinajstić information content (AvgIpc) is 3.12. The predicted molar refractivity (Wildman–Crippen MR) is 98.2 cm³/mol. The van der Waals surface area contributed by atoms with E-state index in [-0.39, 0.29) is 30.7 Å². The van der Waals surface area contributed by atoms with Crippen LogP contribution in [0.2, 0.25) is 0 Å². The molecule has 0 bridgehead atoms. The largest absolute Gasteiger partial charge is 0.383 e. The van der Waals surface area contributed by atoms with E-state index in [1.54, 1.807) is 12.5 Å². The molecule has 134 valence electrons. The fourth-order valence-corrected chi connectivity index (χ4v) is 3.38. The highest BCUT2D eigenvalue weighted by atomic mass is 35.5. The second-order valence-electron chi connectivity index (χ2n) is 5.20. The van der Waals surface area contributed by atoms with Crippen LogP contribution >= 0.6 is 36.2 Å². The Balaban J connectivity index is 0.00000242. The number of ether oxygens (including phenoxy) is 1. The van der Waals surface area contributed by atoms with Gasteiger partial charge in [0.2, 0.25) is 0 Å². The molecular formula is C14H26Cl2N4O2S. The van der Waals surface area contributed by atoms with Crippen molar-refractivity contribution in [3.63, 3.8) is 0 Å². The van der Waals surface area contributed by atoms with Crippen molar-refractivity contribution in [3.8, 4) is 0 Å². The van der Waals surface area contributed by atoms with Gasteiger partial charge in [-0.25, -0.2) is 4.98 Å². The molecule has 1 aromatic heterocycles. The number of halogens is 2. The van der Waals surface area contributed by atoms with Gasteiger partial charge >= 0.3 is 0 Å². The Morgan fingerprint density at radius 2 is 2.35 bits per heavy atom. The van der Waals surface area contributed by atoms with Gasteiger partial charge in [-0.3, -0.25) is 9.69 Å². The lowest BCUT2D eigenvalue weighted by Crippen LogP contribution is -2.41. The molecule has 1 unspecified atom stereocenters. The summed E-state index contributed by atoms with van der Waals surface area (Å²) in [5, 5.41) is 5.72. The smallest absolute Gasteiger partial charge is 0.270 e. The standard InChI is InChI=1S/C14H24N4O2S.2ClH/c1-20-8-7-18-6-2-3-11(18)9-16-14(19)12-10-21-13(17-12)4-5-15;;/h10-11H,2-9,15H2,1H3,(H,16,19);2*1H. The highest BCUT2D eigenvalue weighted by Crippen LogP contribution is 2.16. The van der Waals surface area contributed by atoms with Gasteiger partial charge in [-0.1, -0.05) is 0 Å². The maximum absolute atomic E-state index is 12.1. The van der Waals surface area contributed by atoms with Gasteiger partial charge in [0.1, 0.15) is 5.69 Å². The number of nitrogens with zero attached hydrogens (tertiary/aromatic N) is 2. The number of amides is 1. The number of carbonyl (C=O) groups excluding carboxylic acids is 1. The summed E-state index contributed by atoms with van der Waals surface area (Å²) in [5.74, 6) is -0.0897. The van der Waals surface area contributed by atoms with E-state index in [1.165, 1.54) is 17.8 Å². The summed E-state index contributed by atoms with van der Waals surface area (Å²) < 4.78 is 5.12. The maximum atomic E-state index is 12.1. The lowest BCUT2D eigenvalue weighted by Gasteiger charge is -2.24. The summed E-state index contributed by atoms with van der Waals surface area (Å²) in [4.78, 5) is 18.8. The van der Waals surface area contributed by atoms with Crippen LogP contribution < -0.4 is 11.1 Å². The molecule has 1 aromatic rings. The van der Waals surface area contributed by atoms with Gasteiger partial charge in [0, 0.05) is 38.0 Å². The Morgan fingerprint density at radius 1 is 1.57 bits per heavy atom. The molecule has 6 nitrogen and oxygen atoms in total. The van der Waals surface area contributed by atoms with Crippen molar-refractivity contribution in [1.82, 2.24) is 15.2 Å². The zero-order valence-corrected chi connectivity index (χ0v) is 15.8. The number of thiazole rings is 1. The fourth-order valence-electron chi connectivity index (χ4n) is 2.58. The van der Waals surface area contributed by atoms with E-state index in [9.17, 15) is 4.79 Å². The topological polar surface area (TPSA) is 80.5 Å². The van der Waals surface area contributed by atoms with Crippen LogP contribution in [-0.2, 0) is 11.2 Å². The number of nitrogens with two attached hydrogens (primary N) is 1. The molecule has 0 radical (unpaired) electrons. The fraction of sp³-hybridized carbons (Fsp3) is 0.714. The van der Waals surface area contributed by atoms with Gasteiger partial charge in [-0.05, 0) is 25.9 Å². The van der Waals surface area contributed by atoms with Gasteiger partial charge in [0.05, 0.1) is 11.6 Å². The molecule has 2 heterocycles. The molecule has 9 heteroatoms. The third-order valence-electron chi connectivity index (χ3n) is 3.72. The minimum atomic E-state index is -0.0897. The van der Waals surface area contributed by atoms with Crippen LogP contribution in [0.15, 0.2) is 5.38 Å². The van der Waals surface area contributed by atoms with Crippen molar-refractivity contribution >= 4 is 42.1 Å². The monoisotopic (exact) mass is 384 g/mol. The van der Waals surface area contributed by atoms with Crippen LogP contribution in [0.1, 0.15) is 28.3 Å². The second-order valence-corrected chi connectivity index (χ2v) is 6.14. The molecule has 1 amide bonds. The molecule has 0 aromatic carbocycles. The second kappa shape index (κ2) is 12.0. The molecule has 1 saturated heterocycles. The summed E-state index contributed by atoms with van der Waals surface area (Å²) in [6.45, 7) is 3.98. The molecule has 1 atom stereocenters. The summed E-state index contributed by atoms with van der Waals surface area (Å²) in [7, 11) is 1.72. The molecule has 1 aliphatic heterocycles. The molecule has 0 aliphatic carbocycles. The Labute approximate surface area is 154 Å². The zero-order valence-electron chi connectivity index (χ0n) is 13.3. The number of hydrogen-bond donors (Lipinski definition) is 2. The van der Waals surface area contributed by atoms with Gasteiger partial charge in [-0.2, -0.15) is 0 Å². The summed E-state index contributed by atoms with van der Waals surface area (Å²) >= 11 is 1.49. The van der Waals surface area contributed by atoms with E-state index in [2.05, 4.69) is 15.2 Å². The highest BCUT2D eigenvalue weighted by Gasteiger charge is 2.24. The summed E-state index contributed by atoms with van der Waals surface area (Å²) in [5.41, 5.74) is 6.00. The first-order chi connectivity index (χ1) is 10.2. The molecule has 0 spiro atoms. The highest BCUT2D eigenvalue weighted by molar-refractivity contribution is 7.09. The lowest BCUT2D eigenvalue weighted by molar-refractivity contribution is 0.0928. The van der Waals surface area contributed by atoms with Crippen molar-refractivity contribution in [2.45, 2.75) is 25.3 Å². The zero-order chi connectivity index (χ0) is 15.1. The number of carbonyl (C=O) groups is 1. The number of nitrogens with one attached hydrogen (secondary N) is 1. The van der Waals surface area contributed by atoms with Gasteiger partial charge < -0.3 is 15.8 Å².